The number of hydrogen-bond acceptors (Lipinski definition) is 7. The molecule has 0 unspecified atom stereocenters. The number of aryl methyl sites for hydroxylation is 3. The van der Waals surface area contributed by atoms with Crippen LogP contribution in [0.1, 0.15) is 42.5 Å². The van der Waals surface area contributed by atoms with Crippen molar-refractivity contribution < 1.29 is 14.3 Å². The Labute approximate surface area is 173 Å². The van der Waals surface area contributed by atoms with Crippen LogP contribution in [0.25, 0.3) is 10.2 Å². The van der Waals surface area contributed by atoms with Gasteiger partial charge in [0, 0.05) is 23.4 Å². The fourth-order valence-corrected chi connectivity index (χ4v) is 6.42. The number of carbonyl (C=O) groups is 2. The fraction of sp³-hybridized carbons (Fsp3) is 0.600. The van der Waals surface area contributed by atoms with Crippen molar-refractivity contribution in [3.63, 3.8) is 0 Å². The van der Waals surface area contributed by atoms with Gasteiger partial charge in [-0.2, -0.15) is 0 Å². The quantitative estimate of drug-likeness (QED) is 0.420. The molecule has 0 saturated carbocycles. The van der Waals surface area contributed by atoms with Gasteiger partial charge in [-0.25, -0.2) is 9.97 Å². The first-order valence-electron chi connectivity index (χ1n) is 9.93. The second-order valence-corrected chi connectivity index (χ2v) is 9.38. The van der Waals surface area contributed by atoms with E-state index < -0.39 is 0 Å². The van der Waals surface area contributed by atoms with Crippen LogP contribution >= 0.6 is 23.1 Å². The Hall–Kier alpha value is -1.67. The predicted octanol–water partition coefficient (Wildman–Crippen LogP) is 3.38. The number of fused-ring (bicyclic) bond motifs is 3. The van der Waals surface area contributed by atoms with Crippen molar-refractivity contribution in [2.75, 3.05) is 25.4 Å². The first kappa shape index (κ1) is 19.6. The Morgan fingerprint density at radius 2 is 2.14 bits per heavy atom. The molecular formula is C20H25N3O3S2. The maximum absolute atomic E-state index is 12.8. The normalized spacial score (nSPS) is 19.1. The second kappa shape index (κ2) is 8.37. The third kappa shape index (κ3) is 3.89. The van der Waals surface area contributed by atoms with Crippen LogP contribution in [0.2, 0.25) is 0 Å². The van der Waals surface area contributed by atoms with Gasteiger partial charge in [-0.05, 0) is 51.5 Å². The van der Waals surface area contributed by atoms with Gasteiger partial charge in [0.1, 0.15) is 15.7 Å². The van der Waals surface area contributed by atoms with Gasteiger partial charge in [-0.1, -0.05) is 11.8 Å². The Balaban J connectivity index is 1.46. The zero-order valence-corrected chi connectivity index (χ0v) is 18.0. The molecule has 4 rings (SSSR count). The van der Waals surface area contributed by atoms with Gasteiger partial charge in [-0.3, -0.25) is 9.59 Å². The summed E-state index contributed by atoms with van der Waals surface area (Å²) in [4.78, 5) is 38.4. The van der Waals surface area contributed by atoms with Crippen molar-refractivity contribution in [3.05, 3.63) is 16.3 Å². The molecule has 0 N–H and O–H groups in total. The number of ether oxygens (including phenoxy) is 1. The molecule has 8 heteroatoms. The molecule has 1 aliphatic heterocycles. The number of piperidine rings is 1. The van der Waals surface area contributed by atoms with Gasteiger partial charge in [0.2, 0.25) is 5.91 Å². The molecule has 0 aromatic carbocycles. The minimum atomic E-state index is -0.198. The number of nitrogens with zero attached hydrogens (tertiary/aromatic N) is 3. The van der Waals surface area contributed by atoms with Crippen LogP contribution in [0.5, 0.6) is 0 Å². The van der Waals surface area contributed by atoms with Gasteiger partial charge in [0.25, 0.3) is 0 Å². The summed E-state index contributed by atoms with van der Waals surface area (Å²) in [6.07, 6.45) is 5.03. The van der Waals surface area contributed by atoms with Crippen molar-refractivity contribution in [3.8, 4) is 0 Å². The average molecular weight is 420 g/mol. The molecule has 0 bridgehead atoms. The summed E-state index contributed by atoms with van der Waals surface area (Å²) >= 11 is 3.28. The van der Waals surface area contributed by atoms with Gasteiger partial charge in [0.05, 0.1) is 18.3 Å². The van der Waals surface area contributed by atoms with Crippen LogP contribution in [-0.4, -0.2) is 52.2 Å². The third-order valence-electron chi connectivity index (χ3n) is 5.37. The first-order valence-corrected chi connectivity index (χ1v) is 11.7. The number of carbonyl (C=O) groups excluding carboxylic acids is 2. The van der Waals surface area contributed by atoms with Crippen LogP contribution in [0.15, 0.2) is 5.03 Å². The topological polar surface area (TPSA) is 72.4 Å². The number of thiophene rings is 1. The summed E-state index contributed by atoms with van der Waals surface area (Å²) in [5.74, 6) is 0.773. The lowest BCUT2D eigenvalue weighted by Gasteiger charge is -2.31. The summed E-state index contributed by atoms with van der Waals surface area (Å²) in [5, 5.41) is 2.08. The Morgan fingerprint density at radius 3 is 2.96 bits per heavy atom. The van der Waals surface area contributed by atoms with E-state index in [0.717, 1.165) is 46.8 Å². The number of thioether (sulfide) groups is 1. The van der Waals surface area contributed by atoms with Crippen molar-refractivity contribution in [1.82, 2.24) is 14.9 Å². The molecule has 1 fully saturated rings. The molecule has 0 spiro atoms. The highest BCUT2D eigenvalue weighted by molar-refractivity contribution is 8.00. The number of rotatable bonds is 5. The SMILES string of the molecule is CCOC(=O)[C@@H]1CCCN(C(=O)CSc2nc(C)nc3sc4c(c23)CCC4)C1. The molecule has 1 atom stereocenters. The molecule has 2 aliphatic rings. The molecule has 2 aromatic heterocycles. The number of hydrogen-bond donors (Lipinski definition) is 0. The van der Waals surface area contributed by atoms with E-state index in [9.17, 15) is 9.59 Å². The van der Waals surface area contributed by atoms with E-state index in [2.05, 4.69) is 9.97 Å². The fourth-order valence-electron chi connectivity index (χ4n) is 4.05. The molecule has 1 aliphatic carbocycles. The second-order valence-electron chi connectivity index (χ2n) is 7.33. The largest absolute Gasteiger partial charge is 0.466 e. The van der Waals surface area contributed by atoms with Crippen molar-refractivity contribution >= 4 is 45.2 Å². The van der Waals surface area contributed by atoms with E-state index in [1.54, 1.807) is 16.2 Å². The lowest BCUT2D eigenvalue weighted by atomic mass is 9.98. The molecular weight excluding hydrogens is 394 g/mol. The predicted molar refractivity (Wildman–Crippen MR) is 111 cm³/mol. The van der Waals surface area contributed by atoms with Gasteiger partial charge < -0.3 is 9.64 Å². The minimum Gasteiger partial charge on any atom is -0.466 e. The van der Waals surface area contributed by atoms with Crippen LogP contribution in [0, 0.1) is 12.8 Å². The molecule has 1 amide bonds. The zero-order chi connectivity index (χ0) is 19.7. The molecule has 150 valence electrons. The first-order chi connectivity index (χ1) is 13.6. The highest BCUT2D eigenvalue weighted by Gasteiger charge is 2.29. The lowest BCUT2D eigenvalue weighted by Crippen LogP contribution is -2.43. The summed E-state index contributed by atoms with van der Waals surface area (Å²) < 4.78 is 5.14. The molecule has 0 radical (unpaired) electrons. The third-order valence-corrected chi connectivity index (χ3v) is 7.52. The molecule has 2 aromatic rings. The highest BCUT2D eigenvalue weighted by atomic mass is 32.2. The van der Waals surface area contributed by atoms with Gasteiger partial charge >= 0.3 is 5.97 Å². The lowest BCUT2D eigenvalue weighted by molar-refractivity contribution is -0.151. The molecule has 3 heterocycles. The van der Waals surface area contributed by atoms with Gasteiger partial charge in [0.15, 0.2) is 0 Å². The van der Waals surface area contributed by atoms with Gasteiger partial charge in [-0.15, -0.1) is 11.3 Å². The minimum absolute atomic E-state index is 0.0651. The Kier molecular flexibility index (Phi) is 5.87. The van der Waals surface area contributed by atoms with Crippen LogP contribution in [-0.2, 0) is 27.2 Å². The van der Waals surface area contributed by atoms with Crippen molar-refractivity contribution in [1.29, 1.82) is 0 Å². The standard InChI is InChI=1S/C20H25N3O3S2/c1-3-26-20(25)13-6-5-9-23(10-13)16(24)11-27-18-17-14-7-4-8-15(14)28-19(17)22-12(2)21-18/h13H,3-11H2,1-2H3/t13-/m1/s1. The van der Waals surface area contributed by atoms with Crippen LogP contribution in [0.3, 0.4) is 0 Å². The smallest absolute Gasteiger partial charge is 0.310 e. The van der Waals surface area contributed by atoms with E-state index in [-0.39, 0.29) is 17.8 Å². The van der Waals surface area contributed by atoms with E-state index in [1.165, 1.54) is 28.6 Å². The number of aromatic nitrogens is 2. The Morgan fingerprint density at radius 1 is 1.29 bits per heavy atom. The summed E-state index contributed by atoms with van der Waals surface area (Å²) in [5.41, 5.74) is 1.38. The summed E-state index contributed by atoms with van der Waals surface area (Å²) in [6, 6.07) is 0. The highest BCUT2D eigenvalue weighted by Crippen LogP contribution is 2.40. The van der Waals surface area contributed by atoms with E-state index in [0.29, 0.717) is 25.4 Å². The summed E-state index contributed by atoms with van der Waals surface area (Å²) in [7, 11) is 0. The average Bonchev–Trinajstić information content (AvgIpc) is 3.26. The van der Waals surface area contributed by atoms with E-state index in [4.69, 9.17) is 4.74 Å². The van der Waals surface area contributed by atoms with Crippen molar-refractivity contribution in [2.24, 2.45) is 5.92 Å². The number of amides is 1. The molecule has 1 saturated heterocycles. The number of likely N-dealkylation sites (tertiary alicyclic amines) is 1. The van der Waals surface area contributed by atoms with E-state index in [1.807, 2.05) is 13.8 Å². The number of esters is 1. The zero-order valence-electron chi connectivity index (χ0n) is 16.3. The Bertz CT molecular complexity index is 912. The van der Waals surface area contributed by atoms with Crippen LogP contribution in [0.4, 0.5) is 0 Å². The monoisotopic (exact) mass is 419 g/mol. The van der Waals surface area contributed by atoms with E-state index >= 15 is 0 Å². The maximum Gasteiger partial charge on any atom is 0.310 e. The summed E-state index contributed by atoms with van der Waals surface area (Å²) in [6.45, 7) is 5.27. The van der Waals surface area contributed by atoms with Crippen LogP contribution < -0.4 is 0 Å². The molecule has 28 heavy (non-hydrogen) atoms. The molecule has 6 nitrogen and oxygen atoms in total. The maximum atomic E-state index is 12.8. The van der Waals surface area contributed by atoms with Crippen molar-refractivity contribution in [2.45, 2.75) is 51.0 Å².